The Kier molecular flexibility index (Phi) is 8.04. The number of carbonyl (C=O) groups is 1. The number of rotatable bonds is 8. The summed E-state index contributed by atoms with van der Waals surface area (Å²) in [6, 6.07) is 10.3. The van der Waals surface area contributed by atoms with Crippen LogP contribution in [0.4, 0.5) is 24.5 Å². The standard InChI is InChI=1S/C23H28F3N3O4/c1-16(30)27-18-6-7-21(22(13-18)32-2)33-15-20(31)14-28-8-10-29(11-9-28)19-5-3-4-17(12-19)23(24,25)26/h3-7,12-13,20,31H,8-11,14-15H2,1-2H3,(H,27,30). The second-order valence-electron chi connectivity index (χ2n) is 7.85. The Labute approximate surface area is 190 Å². The summed E-state index contributed by atoms with van der Waals surface area (Å²) >= 11 is 0. The van der Waals surface area contributed by atoms with E-state index in [1.54, 1.807) is 24.3 Å². The largest absolute Gasteiger partial charge is 0.493 e. The second-order valence-corrected chi connectivity index (χ2v) is 7.85. The number of hydrogen-bond acceptors (Lipinski definition) is 6. The van der Waals surface area contributed by atoms with E-state index in [2.05, 4.69) is 10.2 Å². The predicted molar refractivity (Wildman–Crippen MR) is 119 cm³/mol. The zero-order valence-electron chi connectivity index (χ0n) is 18.6. The van der Waals surface area contributed by atoms with Crippen LogP contribution in [-0.4, -0.2) is 68.5 Å². The molecule has 2 aromatic carbocycles. The zero-order chi connectivity index (χ0) is 24.0. The van der Waals surface area contributed by atoms with E-state index in [4.69, 9.17) is 9.47 Å². The van der Waals surface area contributed by atoms with Gasteiger partial charge in [0.25, 0.3) is 0 Å². The average molecular weight is 467 g/mol. The van der Waals surface area contributed by atoms with Crippen molar-refractivity contribution in [3.8, 4) is 11.5 Å². The number of ether oxygens (including phenoxy) is 2. The summed E-state index contributed by atoms with van der Waals surface area (Å²) in [5.41, 5.74) is 0.463. The minimum atomic E-state index is -4.37. The Bertz CT molecular complexity index is 947. The number of anilines is 2. The monoisotopic (exact) mass is 467 g/mol. The molecule has 7 nitrogen and oxygen atoms in total. The Hall–Kier alpha value is -2.98. The first-order chi connectivity index (χ1) is 15.7. The number of halogens is 3. The summed E-state index contributed by atoms with van der Waals surface area (Å²) in [6.07, 6.45) is -5.13. The number of aliphatic hydroxyl groups is 1. The summed E-state index contributed by atoms with van der Waals surface area (Å²) in [4.78, 5) is 15.2. The third-order valence-corrected chi connectivity index (χ3v) is 5.30. The highest BCUT2D eigenvalue weighted by atomic mass is 19.4. The first-order valence-electron chi connectivity index (χ1n) is 10.6. The maximum absolute atomic E-state index is 13.0. The van der Waals surface area contributed by atoms with Gasteiger partial charge in [0.05, 0.1) is 12.7 Å². The molecule has 2 aromatic rings. The van der Waals surface area contributed by atoms with Crippen LogP contribution in [0, 0.1) is 0 Å². The number of alkyl halides is 3. The van der Waals surface area contributed by atoms with Gasteiger partial charge in [-0.1, -0.05) is 6.07 Å². The van der Waals surface area contributed by atoms with E-state index in [0.29, 0.717) is 55.6 Å². The van der Waals surface area contributed by atoms with Gasteiger partial charge in [-0.2, -0.15) is 13.2 Å². The van der Waals surface area contributed by atoms with E-state index in [-0.39, 0.29) is 12.5 Å². The Balaban J connectivity index is 1.48. The molecule has 1 heterocycles. The predicted octanol–water partition coefficient (Wildman–Crippen LogP) is 3.23. The molecule has 10 heteroatoms. The van der Waals surface area contributed by atoms with Crippen LogP contribution in [0.1, 0.15) is 12.5 Å². The lowest BCUT2D eigenvalue weighted by Crippen LogP contribution is -2.49. The van der Waals surface area contributed by atoms with E-state index < -0.39 is 17.8 Å². The SMILES string of the molecule is COc1cc(NC(C)=O)ccc1OCC(O)CN1CCN(c2cccc(C(F)(F)F)c2)CC1. The van der Waals surface area contributed by atoms with Crippen LogP contribution in [-0.2, 0) is 11.0 Å². The number of aliphatic hydroxyl groups excluding tert-OH is 1. The topological polar surface area (TPSA) is 74.3 Å². The maximum atomic E-state index is 13.0. The van der Waals surface area contributed by atoms with E-state index in [1.807, 2.05) is 4.90 Å². The van der Waals surface area contributed by atoms with Gasteiger partial charge < -0.3 is 24.8 Å². The van der Waals surface area contributed by atoms with E-state index in [9.17, 15) is 23.1 Å². The molecule has 1 atom stereocenters. The number of nitrogens with zero attached hydrogens (tertiary/aromatic N) is 2. The Morgan fingerprint density at radius 2 is 1.85 bits per heavy atom. The number of nitrogens with one attached hydrogen (secondary N) is 1. The lowest BCUT2D eigenvalue weighted by molar-refractivity contribution is -0.137. The third-order valence-electron chi connectivity index (χ3n) is 5.30. The quantitative estimate of drug-likeness (QED) is 0.621. The molecule has 0 spiro atoms. The smallest absolute Gasteiger partial charge is 0.416 e. The van der Waals surface area contributed by atoms with E-state index >= 15 is 0 Å². The number of piperazine rings is 1. The van der Waals surface area contributed by atoms with E-state index in [0.717, 1.165) is 6.07 Å². The highest BCUT2D eigenvalue weighted by molar-refractivity contribution is 5.89. The van der Waals surface area contributed by atoms with Crippen LogP contribution in [0.3, 0.4) is 0 Å². The van der Waals surface area contributed by atoms with Gasteiger partial charge in [-0.15, -0.1) is 0 Å². The van der Waals surface area contributed by atoms with Crippen molar-refractivity contribution in [1.82, 2.24) is 4.90 Å². The number of carbonyl (C=O) groups excluding carboxylic acids is 1. The lowest BCUT2D eigenvalue weighted by Gasteiger charge is -2.37. The lowest BCUT2D eigenvalue weighted by atomic mass is 10.1. The van der Waals surface area contributed by atoms with Gasteiger partial charge in [-0.25, -0.2) is 0 Å². The van der Waals surface area contributed by atoms with Crippen LogP contribution < -0.4 is 19.7 Å². The molecule has 0 aliphatic carbocycles. The minimum Gasteiger partial charge on any atom is -0.493 e. The summed E-state index contributed by atoms with van der Waals surface area (Å²) in [7, 11) is 1.49. The summed E-state index contributed by atoms with van der Waals surface area (Å²) in [6.45, 7) is 4.18. The van der Waals surface area contributed by atoms with Crippen LogP contribution in [0.25, 0.3) is 0 Å². The number of amides is 1. The number of benzene rings is 2. The molecule has 1 unspecified atom stereocenters. The first kappa shape index (κ1) is 24.7. The molecular formula is C23H28F3N3O4. The highest BCUT2D eigenvalue weighted by Crippen LogP contribution is 2.32. The highest BCUT2D eigenvalue weighted by Gasteiger charge is 2.31. The van der Waals surface area contributed by atoms with Crippen molar-refractivity contribution in [2.45, 2.75) is 19.2 Å². The molecule has 180 valence electrons. The van der Waals surface area contributed by atoms with E-state index in [1.165, 1.54) is 26.2 Å². The van der Waals surface area contributed by atoms with Gasteiger partial charge in [-0.05, 0) is 30.3 Å². The third kappa shape index (κ3) is 7.00. The fourth-order valence-electron chi connectivity index (χ4n) is 3.67. The Morgan fingerprint density at radius 1 is 1.12 bits per heavy atom. The first-order valence-corrected chi connectivity index (χ1v) is 10.6. The molecule has 0 radical (unpaired) electrons. The van der Waals surface area contributed by atoms with Crippen LogP contribution in [0.15, 0.2) is 42.5 Å². The molecule has 0 aromatic heterocycles. The van der Waals surface area contributed by atoms with Crippen molar-refractivity contribution in [3.63, 3.8) is 0 Å². The molecule has 33 heavy (non-hydrogen) atoms. The number of β-amino-alcohol motifs (C(OH)–C–C–N with tert-alkyl or cyclic N) is 1. The number of hydrogen-bond donors (Lipinski definition) is 2. The van der Waals surface area contributed by atoms with Crippen molar-refractivity contribution < 1.29 is 32.5 Å². The molecule has 2 N–H and O–H groups in total. The van der Waals surface area contributed by atoms with Crippen molar-refractivity contribution in [1.29, 1.82) is 0 Å². The van der Waals surface area contributed by atoms with Gasteiger partial charge in [0, 0.05) is 57.1 Å². The molecule has 3 rings (SSSR count). The fourth-order valence-corrected chi connectivity index (χ4v) is 3.67. The minimum absolute atomic E-state index is 0.0453. The molecule has 1 amide bonds. The zero-order valence-corrected chi connectivity index (χ0v) is 18.6. The van der Waals surface area contributed by atoms with Gasteiger partial charge in [0.1, 0.15) is 12.7 Å². The van der Waals surface area contributed by atoms with Crippen LogP contribution in [0.2, 0.25) is 0 Å². The van der Waals surface area contributed by atoms with Crippen molar-refractivity contribution in [2.75, 3.05) is 56.7 Å². The van der Waals surface area contributed by atoms with Gasteiger partial charge >= 0.3 is 6.18 Å². The second kappa shape index (κ2) is 10.8. The van der Waals surface area contributed by atoms with Gasteiger partial charge in [0.15, 0.2) is 11.5 Å². The molecular weight excluding hydrogens is 439 g/mol. The van der Waals surface area contributed by atoms with Crippen molar-refractivity contribution in [3.05, 3.63) is 48.0 Å². The van der Waals surface area contributed by atoms with Crippen LogP contribution in [0.5, 0.6) is 11.5 Å². The van der Waals surface area contributed by atoms with Crippen LogP contribution >= 0.6 is 0 Å². The Morgan fingerprint density at radius 3 is 2.48 bits per heavy atom. The number of methoxy groups -OCH3 is 1. The van der Waals surface area contributed by atoms with Gasteiger partial charge in [-0.3, -0.25) is 9.69 Å². The average Bonchev–Trinajstić information content (AvgIpc) is 2.77. The molecule has 1 aliphatic heterocycles. The summed E-state index contributed by atoms with van der Waals surface area (Å²) < 4.78 is 49.9. The maximum Gasteiger partial charge on any atom is 0.416 e. The summed E-state index contributed by atoms with van der Waals surface area (Å²) in [5, 5.41) is 13.1. The molecule has 1 fully saturated rings. The molecule has 1 aliphatic rings. The molecule has 0 saturated carbocycles. The van der Waals surface area contributed by atoms with Crippen molar-refractivity contribution in [2.24, 2.45) is 0 Å². The van der Waals surface area contributed by atoms with Crippen molar-refractivity contribution >= 4 is 17.3 Å². The molecule has 0 bridgehead atoms. The summed E-state index contributed by atoms with van der Waals surface area (Å²) in [5.74, 6) is 0.678. The normalized spacial score (nSPS) is 15.8. The fraction of sp³-hybridized carbons (Fsp3) is 0.435. The van der Waals surface area contributed by atoms with Gasteiger partial charge in [0.2, 0.25) is 5.91 Å². The molecule has 1 saturated heterocycles.